The molecule has 7 heteroatoms. The Morgan fingerprint density at radius 1 is 1.33 bits per heavy atom. The van der Waals surface area contributed by atoms with Crippen molar-refractivity contribution in [2.75, 3.05) is 12.8 Å². The highest BCUT2D eigenvalue weighted by Gasteiger charge is 2.21. The van der Waals surface area contributed by atoms with E-state index in [9.17, 15) is 8.42 Å². The lowest BCUT2D eigenvalue weighted by Crippen LogP contribution is -2.26. The van der Waals surface area contributed by atoms with E-state index in [-0.39, 0.29) is 11.4 Å². The van der Waals surface area contributed by atoms with E-state index < -0.39 is 10.0 Å². The van der Waals surface area contributed by atoms with Crippen LogP contribution >= 0.6 is 0 Å². The molecule has 0 fully saturated rings. The van der Waals surface area contributed by atoms with Gasteiger partial charge in [0.05, 0.1) is 6.20 Å². The van der Waals surface area contributed by atoms with Crippen LogP contribution in [0.25, 0.3) is 0 Å². The number of hydrogen-bond donors (Lipinski definition) is 2. The van der Waals surface area contributed by atoms with E-state index in [2.05, 4.69) is 10.2 Å². The Morgan fingerprint density at radius 2 is 2.00 bits per heavy atom. The third-order valence-electron chi connectivity index (χ3n) is 2.57. The second-order valence-corrected chi connectivity index (χ2v) is 5.98. The first-order valence-corrected chi connectivity index (χ1v) is 6.73. The molecular weight excluding hydrogens is 252 g/mol. The topological polar surface area (TPSA) is 92.1 Å². The van der Waals surface area contributed by atoms with Crippen molar-refractivity contribution < 1.29 is 8.42 Å². The Labute approximate surface area is 105 Å². The number of aromatic nitrogens is 2. The van der Waals surface area contributed by atoms with Gasteiger partial charge in [-0.05, 0) is 17.7 Å². The Balaban J connectivity index is 2.17. The van der Waals surface area contributed by atoms with Gasteiger partial charge in [-0.15, -0.1) is 0 Å². The zero-order chi connectivity index (χ0) is 13.2. The maximum absolute atomic E-state index is 12.1. The van der Waals surface area contributed by atoms with Gasteiger partial charge in [0.15, 0.2) is 0 Å². The van der Waals surface area contributed by atoms with Crippen LogP contribution in [0.15, 0.2) is 41.6 Å². The van der Waals surface area contributed by atoms with Crippen LogP contribution in [0, 0.1) is 0 Å². The molecular formula is C11H14N4O2S. The number of rotatable bonds is 4. The number of benzene rings is 1. The first-order valence-electron chi connectivity index (χ1n) is 5.29. The van der Waals surface area contributed by atoms with Crippen LogP contribution in [0.5, 0.6) is 0 Å². The number of sulfonamides is 1. The smallest absolute Gasteiger partial charge is 0.246 e. The van der Waals surface area contributed by atoms with Crippen molar-refractivity contribution in [2.24, 2.45) is 0 Å². The van der Waals surface area contributed by atoms with Crippen molar-refractivity contribution in [3.63, 3.8) is 0 Å². The molecule has 0 radical (unpaired) electrons. The van der Waals surface area contributed by atoms with E-state index in [4.69, 9.17) is 5.73 Å². The van der Waals surface area contributed by atoms with E-state index in [1.165, 1.54) is 23.7 Å². The summed E-state index contributed by atoms with van der Waals surface area (Å²) in [5, 5.41) is 6.13. The zero-order valence-corrected chi connectivity index (χ0v) is 10.7. The number of nitrogens with one attached hydrogen (secondary N) is 1. The number of nitrogens with zero attached hydrogens (tertiary/aromatic N) is 2. The average Bonchev–Trinajstić information content (AvgIpc) is 2.86. The third kappa shape index (κ3) is 2.52. The fourth-order valence-electron chi connectivity index (χ4n) is 1.53. The number of H-pyrrole nitrogens is 1. The highest BCUT2D eigenvalue weighted by Crippen LogP contribution is 2.15. The third-order valence-corrected chi connectivity index (χ3v) is 4.33. The highest BCUT2D eigenvalue weighted by atomic mass is 32.2. The molecule has 6 nitrogen and oxygen atoms in total. The normalized spacial score (nSPS) is 11.9. The van der Waals surface area contributed by atoms with Gasteiger partial charge in [-0.2, -0.15) is 9.40 Å². The molecule has 0 aliphatic rings. The zero-order valence-electron chi connectivity index (χ0n) is 9.87. The molecule has 18 heavy (non-hydrogen) atoms. The lowest BCUT2D eigenvalue weighted by molar-refractivity contribution is 0.467. The maximum Gasteiger partial charge on any atom is 0.246 e. The molecule has 0 unspecified atom stereocenters. The van der Waals surface area contributed by atoms with Gasteiger partial charge in [0.2, 0.25) is 10.0 Å². The summed E-state index contributed by atoms with van der Waals surface area (Å²) in [6.07, 6.45) is 2.64. The summed E-state index contributed by atoms with van der Waals surface area (Å²) < 4.78 is 25.5. The summed E-state index contributed by atoms with van der Waals surface area (Å²) in [6.45, 7) is 0.286. The van der Waals surface area contributed by atoms with Gasteiger partial charge in [0.25, 0.3) is 0 Å². The first kappa shape index (κ1) is 12.6. The van der Waals surface area contributed by atoms with E-state index in [0.717, 1.165) is 5.56 Å². The van der Waals surface area contributed by atoms with Gasteiger partial charge in [-0.1, -0.05) is 12.1 Å². The van der Waals surface area contributed by atoms with Gasteiger partial charge in [0, 0.05) is 25.5 Å². The quantitative estimate of drug-likeness (QED) is 0.801. The van der Waals surface area contributed by atoms with Crippen LogP contribution in [-0.4, -0.2) is 30.0 Å². The predicted octanol–water partition coefficient (Wildman–Crippen LogP) is 0.813. The standard InChI is InChI=1S/C11H14N4O2S/c1-15(8-9-2-4-10(12)5-3-9)18(16,17)11-6-13-14-7-11/h2-7H,8,12H2,1H3,(H,13,14). The second kappa shape index (κ2) is 4.79. The van der Waals surface area contributed by atoms with Gasteiger partial charge in [0.1, 0.15) is 4.90 Å². The summed E-state index contributed by atoms with van der Waals surface area (Å²) >= 11 is 0. The summed E-state index contributed by atoms with van der Waals surface area (Å²) in [5.41, 5.74) is 7.10. The van der Waals surface area contributed by atoms with Crippen molar-refractivity contribution in [1.82, 2.24) is 14.5 Å². The molecule has 0 atom stereocenters. The minimum atomic E-state index is -3.50. The molecule has 1 heterocycles. The van der Waals surface area contributed by atoms with E-state index in [1.807, 2.05) is 0 Å². The minimum absolute atomic E-state index is 0.153. The molecule has 2 rings (SSSR count). The number of hydrogen-bond acceptors (Lipinski definition) is 4. The lowest BCUT2D eigenvalue weighted by Gasteiger charge is -2.16. The molecule has 0 aliphatic heterocycles. The fraction of sp³-hybridized carbons (Fsp3) is 0.182. The van der Waals surface area contributed by atoms with E-state index >= 15 is 0 Å². The largest absolute Gasteiger partial charge is 0.399 e. The van der Waals surface area contributed by atoms with Crippen molar-refractivity contribution >= 4 is 15.7 Å². The van der Waals surface area contributed by atoms with Crippen molar-refractivity contribution in [3.8, 4) is 0 Å². The van der Waals surface area contributed by atoms with Crippen LogP contribution in [0.3, 0.4) is 0 Å². The van der Waals surface area contributed by atoms with Crippen molar-refractivity contribution in [1.29, 1.82) is 0 Å². The Bertz CT molecular complexity index is 605. The summed E-state index contributed by atoms with van der Waals surface area (Å²) in [4.78, 5) is 0.153. The molecule has 3 N–H and O–H groups in total. The molecule has 0 spiro atoms. The summed E-state index contributed by atoms with van der Waals surface area (Å²) in [6, 6.07) is 7.09. The Kier molecular flexibility index (Phi) is 3.35. The van der Waals surface area contributed by atoms with Gasteiger partial charge in [-0.3, -0.25) is 5.10 Å². The summed E-state index contributed by atoms with van der Waals surface area (Å²) in [7, 11) is -1.97. The number of nitrogens with two attached hydrogens (primary N) is 1. The molecule has 1 aromatic carbocycles. The van der Waals surface area contributed by atoms with Gasteiger partial charge >= 0.3 is 0 Å². The number of anilines is 1. The SMILES string of the molecule is CN(Cc1ccc(N)cc1)S(=O)(=O)c1cn[nH]c1. The van der Waals surface area contributed by atoms with E-state index in [1.54, 1.807) is 24.3 Å². The highest BCUT2D eigenvalue weighted by molar-refractivity contribution is 7.89. The van der Waals surface area contributed by atoms with Crippen LogP contribution in [0.4, 0.5) is 5.69 Å². The van der Waals surface area contributed by atoms with Crippen LogP contribution in [-0.2, 0) is 16.6 Å². The molecule has 0 amide bonds. The van der Waals surface area contributed by atoms with Crippen molar-refractivity contribution in [2.45, 2.75) is 11.4 Å². The van der Waals surface area contributed by atoms with Gasteiger partial charge in [-0.25, -0.2) is 8.42 Å². The Hall–Kier alpha value is -1.86. The minimum Gasteiger partial charge on any atom is -0.399 e. The molecule has 96 valence electrons. The van der Waals surface area contributed by atoms with E-state index in [0.29, 0.717) is 5.69 Å². The number of nitrogen functional groups attached to an aromatic ring is 1. The molecule has 2 aromatic rings. The maximum atomic E-state index is 12.1. The van der Waals surface area contributed by atoms with Crippen LogP contribution in [0.2, 0.25) is 0 Å². The fourth-order valence-corrected chi connectivity index (χ4v) is 2.59. The Morgan fingerprint density at radius 3 is 2.56 bits per heavy atom. The monoisotopic (exact) mass is 266 g/mol. The molecule has 0 aliphatic carbocycles. The summed E-state index contributed by atoms with van der Waals surface area (Å²) in [5.74, 6) is 0. The average molecular weight is 266 g/mol. The first-order chi connectivity index (χ1) is 8.50. The lowest BCUT2D eigenvalue weighted by atomic mass is 10.2. The molecule has 0 bridgehead atoms. The van der Waals surface area contributed by atoms with Crippen LogP contribution in [0.1, 0.15) is 5.56 Å². The predicted molar refractivity (Wildman–Crippen MR) is 68.1 cm³/mol. The van der Waals surface area contributed by atoms with Gasteiger partial charge < -0.3 is 5.73 Å². The molecule has 1 aromatic heterocycles. The molecule has 0 saturated carbocycles. The van der Waals surface area contributed by atoms with Crippen LogP contribution < -0.4 is 5.73 Å². The second-order valence-electron chi connectivity index (χ2n) is 3.94. The number of aromatic amines is 1. The van der Waals surface area contributed by atoms with Crippen molar-refractivity contribution in [3.05, 3.63) is 42.2 Å². The molecule has 0 saturated heterocycles.